The Balaban J connectivity index is 2.38. The van der Waals surface area contributed by atoms with Gasteiger partial charge in [-0.1, -0.05) is 0 Å². The summed E-state index contributed by atoms with van der Waals surface area (Å²) in [6.07, 6.45) is 0.516. The molecule has 2 rings (SSSR count). The molecular formula is C12H19N3O4S. The summed E-state index contributed by atoms with van der Waals surface area (Å²) in [5.74, 6) is -0.406. The Morgan fingerprint density at radius 1 is 1.40 bits per heavy atom. The summed E-state index contributed by atoms with van der Waals surface area (Å²) in [6, 6.07) is 0. The Morgan fingerprint density at radius 2 is 2.10 bits per heavy atom. The summed E-state index contributed by atoms with van der Waals surface area (Å²) in [7, 11) is -1.60. The average molecular weight is 301 g/mol. The third kappa shape index (κ3) is 2.57. The number of esters is 1. The van der Waals surface area contributed by atoms with Crippen LogP contribution in [0.5, 0.6) is 0 Å². The van der Waals surface area contributed by atoms with Crippen molar-refractivity contribution in [2.45, 2.75) is 26.8 Å². The van der Waals surface area contributed by atoms with E-state index in [9.17, 15) is 13.2 Å². The molecule has 0 aromatic carbocycles. The number of carbonyl (C=O) groups is 1. The van der Waals surface area contributed by atoms with Gasteiger partial charge in [-0.05, 0) is 13.8 Å². The van der Waals surface area contributed by atoms with Crippen molar-refractivity contribution < 1.29 is 17.9 Å². The molecule has 1 aliphatic rings. The van der Waals surface area contributed by atoms with Crippen molar-refractivity contribution in [2.75, 3.05) is 18.9 Å². The number of hydrogen-bond donors (Lipinski definition) is 0. The molecule has 0 atom stereocenters. The number of sulfonamides is 1. The van der Waals surface area contributed by atoms with E-state index in [-0.39, 0.29) is 18.9 Å². The van der Waals surface area contributed by atoms with E-state index < -0.39 is 16.0 Å². The van der Waals surface area contributed by atoms with Crippen molar-refractivity contribution in [2.24, 2.45) is 7.05 Å². The number of aromatic nitrogens is 2. The van der Waals surface area contributed by atoms with Gasteiger partial charge in [0.2, 0.25) is 10.0 Å². The number of carbonyl (C=O) groups excluding carboxylic acids is 1. The van der Waals surface area contributed by atoms with Crippen molar-refractivity contribution in [3.8, 4) is 0 Å². The van der Waals surface area contributed by atoms with Gasteiger partial charge in [0.15, 0.2) is 5.69 Å². The van der Waals surface area contributed by atoms with Crippen LogP contribution >= 0.6 is 0 Å². The van der Waals surface area contributed by atoms with Crippen LogP contribution in [0, 0.1) is 0 Å². The molecule has 0 aliphatic carbocycles. The van der Waals surface area contributed by atoms with Crippen LogP contribution in [0.15, 0.2) is 0 Å². The predicted molar refractivity (Wildman–Crippen MR) is 72.7 cm³/mol. The van der Waals surface area contributed by atoms with Crippen LogP contribution in [0.1, 0.15) is 35.6 Å². The Bertz CT molecular complexity index is 621. The summed E-state index contributed by atoms with van der Waals surface area (Å²) in [5, 5.41) is 4.29. The summed E-state index contributed by atoms with van der Waals surface area (Å²) in [6.45, 7) is 4.21. The molecule has 0 N–H and O–H groups in total. The van der Waals surface area contributed by atoms with Gasteiger partial charge < -0.3 is 4.74 Å². The van der Waals surface area contributed by atoms with E-state index in [4.69, 9.17) is 4.74 Å². The van der Waals surface area contributed by atoms with Gasteiger partial charge in [-0.15, -0.1) is 0 Å². The fraction of sp³-hybridized carbons (Fsp3) is 0.667. The summed E-state index contributed by atoms with van der Waals surface area (Å²) in [4.78, 5) is 12.0. The van der Waals surface area contributed by atoms with Crippen LogP contribution in [-0.4, -0.2) is 47.4 Å². The minimum absolute atomic E-state index is 0.0529. The van der Waals surface area contributed by atoms with Gasteiger partial charge in [0, 0.05) is 32.1 Å². The molecule has 8 heteroatoms. The maximum Gasteiger partial charge on any atom is 0.356 e. The third-order valence-corrected chi connectivity index (χ3v) is 5.22. The number of nitrogens with zero attached hydrogens (tertiary/aromatic N) is 3. The van der Waals surface area contributed by atoms with Crippen LogP contribution in [0.4, 0.5) is 0 Å². The van der Waals surface area contributed by atoms with Gasteiger partial charge in [-0.25, -0.2) is 13.2 Å². The normalized spacial score (nSPS) is 15.9. The third-order valence-electron chi connectivity index (χ3n) is 3.39. The first-order valence-corrected chi connectivity index (χ1v) is 8.21. The highest BCUT2D eigenvalue weighted by Gasteiger charge is 2.32. The second kappa shape index (κ2) is 5.53. The Morgan fingerprint density at radius 3 is 2.70 bits per heavy atom. The van der Waals surface area contributed by atoms with Crippen LogP contribution in [-0.2, 0) is 34.8 Å². The zero-order valence-electron chi connectivity index (χ0n) is 11.9. The first-order chi connectivity index (χ1) is 9.40. The van der Waals surface area contributed by atoms with E-state index in [1.54, 1.807) is 20.9 Å². The summed E-state index contributed by atoms with van der Waals surface area (Å²) < 4.78 is 31.8. The fourth-order valence-electron chi connectivity index (χ4n) is 2.35. The first-order valence-electron chi connectivity index (χ1n) is 6.60. The van der Waals surface area contributed by atoms with Crippen LogP contribution in [0.25, 0.3) is 0 Å². The molecule has 0 bridgehead atoms. The number of ether oxygens (including phenoxy) is 1. The molecule has 0 radical (unpaired) electrons. The standard InChI is InChI=1S/C12H19N3O4S/c1-4-19-12(16)11-9-8-15(20(17,18)5-2)7-6-10(9)13-14(11)3/h4-8H2,1-3H3. The number of aryl methyl sites for hydroxylation is 1. The quantitative estimate of drug-likeness (QED) is 0.747. The van der Waals surface area contributed by atoms with Gasteiger partial charge in [-0.2, -0.15) is 9.40 Å². The second-order valence-electron chi connectivity index (χ2n) is 4.60. The molecule has 0 unspecified atom stereocenters. The van der Waals surface area contributed by atoms with Crippen molar-refractivity contribution in [1.82, 2.24) is 14.1 Å². The van der Waals surface area contributed by atoms with Gasteiger partial charge in [0.05, 0.1) is 18.1 Å². The lowest BCUT2D eigenvalue weighted by molar-refractivity contribution is 0.0511. The second-order valence-corrected chi connectivity index (χ2v) is 6.86. The van der Waals surface area contributed by atoms with Gasteiger partial charge >= 0.3 is 5.97 Å². The molecular weight excluding hydrogens is 282 g/mol. The molecule has 1 aromatic rings. The Kier molecular flexibility index (Phi) is 4.14. The monoisotopic (exact) mass is 301 g/mol. The number of hydrogen-bond acceptors (Lipinski definition) is 5. The largest absolute Gasteiger partial charge is 0.461 e. The zero-order valence-corrected chi connectivity index (χ0v) is 12.7. The smallest absolute Gasteiger partial charge is 0.356 e. The summed E-state index contributed by atoms with van der Waals surface area (Å²) >= 11 is 0. The highest BCUT2D eigenvalue weighted by molar-refractivity contribution is 7.89. The molecule has 0 spiro atoms. The molecule has 0 saturated carbocycles. The zero-order chi connectivity index (χ0) is 14.9. The highest BCUT2D eigenvalue weighted by Crippen LogP contribution is 2.24. The molecule has 0 amide bonds. The maximum absolute atomic E-state index is 12.0. The van der Waals surface area contributed by atoms with E-state index in [0.717, 1.165) is 5.69 Å². The van der Waals surface area contributed by atoms with E-state index in [1.807, 2.05) is 0 Å². The first kappa shape index (κ1) is 15.0. The van der Waals surface area contributed by atoms with Crippen molar-refractivity contribution in [1.29, 1.82) is 0 Å². The van der Waals surface area contributed by atoms with E-state index in [1.165, 1.54) is 8.99 Å². The molecule has 112 valence electrons. The molecule has 7 nitrogen and oxygen atoms in total. The maximum atomic E-state index is 12.0. The number of fused-ring (bicyclic) bond motifs is 1. The van der Waals surface area contributed by atoms with Crippen molar-refractivity contribution >= 4 is 16.0 Å². The molecule has 20 heavy (non-hydrogen) atoms. The predicted octanol–water partition coefficient (Wildman–Crippen LogP) is 0.305. The van der Waals surface area contributed by atoms with Gasteiger partial charge in [-0.3, -0.25) is 4.68 Å². The lowest BCUT2D eigenvalue weighted by atomic mass is 10.1. The lowest BCUT2D eigenvalue weighted by Gasteiger charge is -2.25. The van der Waals surface area contributed by atoms with Crippen LogP contribution in [0.3, 0.4) is 0 Å². The van der Waals surface area contributed by atoms with Crippen LogP contribution < -0.4 is 0 Å². The number of rotatable bonds is 4. The van der Waals surface area contributed by atoms with E-state index in [2.05, 4.69) is 5.10 Å². The topological polar surface area (TPSA) is 81.5 Å². The lowest BCUT2D eigenvalue weighted by Crippen LogP contribution is -2.37. The van der Waals surface area contributed by atoms with Gasteiger partial charge in [0.25, 0.3) is 0 Å². The molecule has 1 aliphatic heterocycles. The average Bonchev–Trinajstić information content (AvgIpc) is 2.73. The summed E-state index contributed by atoms with van der Waals surface area (Å²) in [5.41, 5.74) is 1.78. The van der Waals surface area contributed by atoms with Crippen LogP contribution in [0.2, 0.25) is 0 Å². The van der Waals surface area contributed by atoms with E-state index >= 15 is 0 Å². The minimum atomic E-state index is -3.27. The fourth-order valence-corrected chi connectivity index (χ4v) is 3.41. The van der Waals surface area contributed by atoms with Gasteiger partial charge in [0.1, 0.15) is 0 Å². The SMILES string of the molecule is CCOC(=O)c1c2c(nn1C)CCN(S(=O)(=O)CC)C2. The molecule has 0 fully saturated rings. The molecule has 2 heterocycles. The molecule has 0 saturated heterocycles. The van der Waals surface area contributed by atoms with Crippen molar-refractivity contribution in [3.05, 3.63) is 17.0 Å². The highest BCUT2D eigenvalue weighted by atomic mass is 32.2. The minimum Gasteiger partial charge on any atom is -0.461 e. The Labute approximate surface area is 118 Å². The van der Waals surface area contributed by atoms with Crippen molar-refractivity contribution in [3.63, 3.8) is 0 Å². The Hall–Kier alpha value is -1.41. The molecule has 1 aromatic heterocycles. The van der Waals surface area contributed by atoms with E-state index in [0.29, 0.717) is 24.2 Å².